The van der Waals surface area contributed by atoms with Crippen LogP contribution in [0.2, 0.25) is 0 Å². The molecule has 0 bridgehead atoms. The summed E-state index contributed by atoms with van der Waals surface area (Å²) in [6.07, 6.45) is -0.0117. The zero-order valence-electron chi connectivity index (χ0n) is 12.2. The van der Waals surface area contributed by atoms with Gasteiger partial charge in [-0.3, -0.25) is 14.4 Å². The van der Waals surface area contributed by atoms with Gasteiger partial charge < -0.3 is 10.1 Å². The lowest BCUT2D eigenvalue weighted by Gasteiger charge is -2.21. The van der Waals surface area contributed by atoms with Gasteiger partial charge in [0, 0.05) is 12.0 Å². The summed E-state index contributed by atoms with van der Waals surface area (Å²) >= 11 is 0. The highest BCUT2D eigenvalue weighted by Crippen LogP contribution is 2.20. The molecule has 1 unspecified atom stereocenters. The highest BCUT2D eigenvalue weighted by molar-refractivity contribution is 6.21. The average molecular weight is 298 g/mol. The quantitative estimate of drug-likeness (QED) is 0.845. The number of Topliss-reactive ketones (excluding diaryl/α,β-unsaturated/α-hetero) is 2. The summed E-state index contributed by atoms with van der Waals surface area (Å²) in [6, 6.07) is 6.75. The van der Waals surface area contributed by atoms with Crippen molar-refractivity contribution in [1.29, 1.82) is 5.26 Å². The van der Waals surface area contributed by atoms with E-state index >= 15 is 0 Å². The van der Waals surface area contributed by atoms with E-state index < -0.39 is 23.5 Å². The first kappa shape index (κ1) is 15.4. The minimum atomic E-state index is -1.30. The molecule has 112 valence electrons. The number of benzene rings is 1. The highest BCUT2D eigenvalue weighted by Gasteiger charge is 2.36. The van der Waals surface area contributed by atoms with Crippen molar-refractivity contribution in [3.05, 3.63) is 41.0 Å². The normalized spacial score (nSPS) is 18.0. The lowest BCUT2D eigenvalue weighted by Crippen LogP contribution is -2.49. The first-order valence-electron chi connectivity index (χ1n) is 6.59. The van der Waals surface area contributed by atoms with E-state index in [1.807, 2.05) is 0 Å². The summed E-state index contributed by atoms with van der Waals surface area (Å²) < 4.78 is 4.99. The Balaban J connectivity index is 2.19. The molecule has 6 heteroatoms. The average Bonchev–Trinajstić information content (AvgIpc) is 2.51. The van der Waals surface area contributed by atoms with E-state index in [1.165, 1.54) is 19.2 Å². The van der Waals surface area contributed by atoms with Crippen LogP contribution in [0.1, 0.15) is 23.7 Å². The van der Waals surface area contributed by atoms with Crippen LogP contribution in [0.25, 0.3) is 0 Å². The molecule has 0 aromatic heterocycles. The number of nitrogens with zero attached hydrogens (tertiary/aromatic N) is 1. The Morgan fingerprint density at radius 1 is 1.32 bits per heavy atom. The molecule has 6 nitrogen and oxygen atoms in total. The molecular weight excluding hydrogens is 284 g/mol. The van der Waals surface area contributed by atoms with Gasteiger partial charge in [0.25, 0.3) is 5.91 Å². The van der Waals surface area contributed by atoms with Crippen LogP contribution in [0.15, 0.2) is 35.4 Å². The Kier molecular flexibility index (Phi) is 4.37. The number of ether oxygens (including phenoxy) is 1. The molecule has 0 radical (unpaired) electrons. The first-order chi connectivity index (χ1) is 10.5. The number of hydrogen-bond donors (Lipinski definition) is 1. The lowest BCUT2D eigenvalue weighted by molar-refractivity contribution is -0.128. The maximum absolute atomic E-state index is 12.1. The van der Waals surface area contributed by atoms with Gasteiger partial charge in [-0.05, 0) is 36.8 Å². The molecule has 1 aromatic rings. The fraction of sp³-hybridized carbons (Fsp3) is 0.250. The number of amides is 1. The Hall–Kier alpha value is -2.94. The van der Waals surface area contributed by atoms with Crippen molar-refractivity contribution in [2.45, 2.75) is 19.4 Å². The van der Waals surface area contributed by atoms with Gasteiger partial charge in [-0.25, -0.2) is 0 Å². The van der Waals surface area contributed by atoms with E-state index in [1.54, 1.807) is 25.1 Å². The summed E-state index contributed by atoms with van der Waals surface area (Å²) in [7, 11) is 1.51. The van der Waals surface area contributed by atoms with E-state index in [9.17, 15) is 14.4 Å². The molecule has 1 amide bonds. The summed E-state index contributed by atoms with van der Waals surface area (Å²) in [6.45, 7) is 1.57. The van der Waals surface area contributed by atoms with Gasteiger partial charge in [0.2, 0.25) is 5.78 Å². The van der Waals surface area contributed by atoms with Crippen LogP contribution in [-0.2, 0) is 9.59 Å². The van der Waals surface area contributed by atoms with Gasteiger partial charge in [-0.1, -0.05) is 0 Å². The molecule has 1 aromatic carbocycles. The van der Waals surface area contributed by atoms with Crippen LogP contribution in [-0.4, -0.2) is 30.6 Å². The predicted octanol–water partition coefficient (Wildman–Crippen LogP) is 1.18. The standard InChI is InChI=1S/C16H14N2O4/c1-9-7-13(19)14(15(20)12(9)8-17)18-16(21)10-3-5-11(22-2)6-4-10/h3-6,14H,7H2,1-2H3,(H,18,21). The molecule has 0 saturated heterocycles. The largest absolute Gasteiger partial charge is 0.497 e. The molecule has 1 aliphatic carbocycles. The van der Waals surface area contributed by atoms with Crippen LogP contribution in [0.3, 0.4) is 0 Å². The fourth-order valence-corrected chi connectivity index (χ4v) is 2.21. The summed E-state index contributed by atoms with van der Waals surface area (Å²) in [5.41, 5.74) is 0.679. The van der Waals surface area contributed by atoms with Crippen LogP contribution < -0.4 is 10.1 Å². The van der Waals surface area contributed by atoms with Crippen LogP contribution in [0.4, 0.5) is 0 Å². The maximum Gasteiger partial charge on any atom is 0.252 e. The minimum absolute atomic E-state index is 0.0117. The molecule has 22 heavy (non-hydrogen) atoms. The number of methoxy groups -OCH3 is 1. The van der Waals surface area contributed by atoms with Gasteiger partial charge in [-0.2, -0.15) is 5.26 Å². The van der Waals surface area contributed by atoms with Crippen molar-refractivity contribution in [2.24, 2.45) is 0 Å². The van der Waals surface area contributed by atoms with Crippen molar-refractivity contribution in [3.8, 4) is 11.8 Å². The Bertz CT molecular complexity index is 711. The number of nitrogens with one attached hydrogen (secondary N) is 1. The first-order valence-corrected chi connectivity index (χ1v) is 6.59. The third-order valence-corrected chi connectivity index (χ3v) is 3.44. The van der Waals surface area contributed by atoms with Gasteiger partial charge >= 0.3 is 0 Å². The zero-order chi connectivity index (χ0) is 16.3. The molecule has 0 aliphatic heterocycles. The Labute approximate surface area is 127 Å². The Morgan fingerprint density at radius 3 is 2.50 bits per heavy atom. The summed E-state index contributed by atoms with van der Waals surface area (Å²) in [5, 5.41) is 11.4. The number of rotatable bonds is 3. The van der Waals surface area contributed by atoms with Gasteiger partial charge in [-0.15, -0.1) is 0 Å². The predicted molar refractivity (Wildman–Crippen MR) is 77.2 cm³/mol. The number of carbonyl (C=O) groups is 3. The second-order valence-electron chi connectivity index (χ2n) is 4.91. The van der Waals surface area contributed by atoms with E-state index in [-0.39, 0.29) is 12.0 Å². The molecule has 0 fully saturated rings. The minimum Gasteiger partial charge on any atom is -0.497 e. The van der Waals surface area contributed by atoms with Crippen molar-refractivity contribution in [1.82, 2.24) is 5.32 Å². The van der Waals surface area contributed by atoms with Gasteiger partial charge in [0.1, 0.15) is 11.8 Å². The topological polar surface area (TPSA) is 96.3 Å². The summed E-state index contributed by atoms with van der Waals surface area (Å²) in [4.78, 5) is 36.2. The van der Waals surface area contributed by atoms with E-state index in [2.05, 4.69) is 5.32 Å². The number of carbonyl (C=O) groups excluding carboxylic acids is 3. The molecule has 1 N–H and O–H groups in total. The van der Waals surface area contributed by atoms with Crippen molar-refractivity contribution < 1.29 is 19.1 Å². The molecule has 1 atom stereocenters. The van der Waals surface area contributed by atoms with E-state index in [0.29, 0.717) is 16.9 Å². The van der Waals surface area contributed by atoms with E-state index in [4.69, 9.17) is 10.00 Å². The number of ketones is 2. The number of allylic oxidation sites excluding steroid dienone is 1. The third-order valence-electron chi connectivity index (χ3n) is 3.44. The van der Waals surface area contributed by atoms with Crippen molar-refractivity contribution in [3.63, 3.8) is 0 Å². The molecule has 0 heterocycles. The fourth-order valence-electron chi connectivity index (χ4n) is 2.21. The lowest BCUT2D eigenvalue weighted by atomic mass is 9.87. The third kappa shape index (κ3) is 2.88. The van der Waals surface area contributed by atoms with Crippen LogP contribution in [0.5, 0.6) is 5.75 Å². The molecule has 0 spiro atoms. The van der Waals surface area contributed by atoms with Gasteiger partial charge in [0.05, 0.1) is 12.7 Å². The van der Waals surface area contributed by atoms with Crippen LogP contribution >= 0.6 is 0 Å². The molecule has 0 saturated carbocycles. The molecular formula is C16H14N2O4. The summed E-state index contributed by atoms with van der Waals surface area (Å²) in [5.74, 6) is -1.03. The Morgan fingerprint density at radius 2 is 1.95 bits per heavy atom. The smallest absolute Gasteiger partial charge is 0.252 e. The second kappa shape index (κ2) is 6.22. The second-order valence-corrected chi connectivity index (χ2v) is 4.91. The highest BCUT2D eigenvalue weighted by atomic mass is 16.5. The number of nitriles is 1. The molecule has 1 aliphatic rings. The van der Waals surface area contributed by atoms with E-state index in [0.717, 1.165) is 0 Å². The molecule has 2 rings (SSSR count). The zero-order valence-corrected chi connectivity index (χ0v) is 12.2. The number of hydrogen-bond acceptors (Lipinski definition) is 5. The van der Waals surface area contributed by atoms with Crippen molar-refractivity contribution >= 4 is 17.5 Å². The van der Waals surface area contributed by atoms with Crippen molar-refractivity contribution in [2.75, 3.05) is 7.11 Å². The maximum atomic E-state index is 12.1. The van der Waals surface area contributed by atoms with Gasteiger partial charge in [0.15, 0.2) is 11.8 Å². The SMILES string of the molecule is COc1ccc(C(=O)NC2C(=O)CC(C)=C(C#N)C2=O)cc1. The monoisotopic (exact) mass is 298 g/mol. The van der Waals surface area contributed by atoms with Crippen LogP contribution in [0, 0.1) is 11.3 Å².